The molecule has 6 heteroatoms. The number of aliphatic carboxylic acids is 1. The Bertz CT molecular complexity index is 237. The summed E-state index contributed by atoms with van der Waals surface area (Å²) in [4.78, 5) is 22.7. The molecule has 1 heterocycles. The molecule has 12 heavy (non-hydrogen) atoms. The molecule has 1 aliphatic heterocycles. The molecule has 0 bridgehead atoms. The van der Waals surface area contributed by atoms with Crippen LogP contribution in [0.1, 0.15) is 6.92 Å². The molecule has 0 radical (unpaired) electrons. The van der Waals surface area contributed by atoms with E-state index < -0.39 is 12.0 Å². The highest BCUT2D eigenvalue weighted by Gasteiger charge is 2.34. The summed E-state index contributed by atoms with van der Waals surface area (Å²) in [5.41, 5.74) is 0. The van der Waals surface area contributed by atoms with E-state index in [1.807, 2.05) is 0 Å². The lowest BCUT2D eigenvalue weighted by atomic mass is 10.3. The number of nitrogens with zero attached hydrogens (tertiary/aromatic N) is 1. The smallest absolute Gasteiger partial charge is 0.326 e. The molecule has 1 amide bonds. The van der Waals surface area contributed by atoms with E-state index in [0.29, 0.717) is 4.32 Å². The first-order valence-corrected chi connectivity index (χ1v) is 4.65. The predicted molar refractivity (Wildman–Crippen MR) is 49.0 cm³/mol. The van der Waals surface area contributed by atoms with Crippen molar-refractivity contribution in [3.8, 4) is 0 Å². The molecule has 0 saturated carbocycles. The van der Waals surface area contributed by atoms with E-state index >= 15 is 0 Å². The van der Waals surface area contributed by atoms with Crippen LogP contribution in [0.3, 0.4) is 0 Å². The van der Waals surface area contributed by atoms with Gasteiger partial charge in [-0.15, -0.1) is 0 Å². The van der Waals surface area contributed by atoms with Crippen LogP contribution in [0.2, 0.25) is 0 Å². The van der Waals surface area contributed by atoms with Gasteiger partial charge in [-0.25, -0.2) is 4.79 Å². The van der Waals surface area contributed by atoms with Crippen LogP contribution >= 0.6 is 24.0 Å². The van der Waals surface area contributed by atoms with Gasteiger partial charge in [0.2, 0.25) is 5.91 Å². The fraction of sp³-hybridized carbons (Fsp3) is 0.500. The molecule has 1 aliphatic rings. The second kappa shape index (κ2) is 3.40. The Morgan fingerprint density at radius 3 is 2.75 bits per heavy atom. The number of hydrogen-bond acceptors (Lipinski definition) is 4. The van der Waals surface area contributed by atoms with Gasteiger partial charge in [0.15, 0.2) is 0 Å². The quantitative estimate of drug-likeness (QED) is 0.658. The van der Waals surface area contributed by atoms with Gasteiger partial charge < -0.3 is 5.11 Å². The van der Waals surface area contributed by atoms with E-state index in [-0.39, 0.29) is 11.7 Å². The molecule has 1 saturated heterocycles. The van der Waals surface area contributed by atoms with Crippen molar-refractivity contribution in [2.45, 2.75) is 13.0 Å². The predicted octanol–water partition coefficient (Wildman–Crippen LogP) is 0.320. The molecule has 4 nitrogen and oxygen atoms in total. The molecule has 0 aliphatic carbocycles. The molecule has 1 rings (SSSR count). The topological polar surface area (TPSA) is 57.6 Å². The van der Waals surface area contributed by atoms with Crippen molar-refractivity contribution in [1.29, 1.82) is 0 Å². The Labute approximate surface area is 78.9 Å². The van der Waals surface area contributed by atoms with Crippen LogP contribution < -0.4 is 0 Å². The van der Waals surface area contributed by atoms with Crippen LogP contribution in [0.25, 0.3) is 0 Å². The number of amides is 1. The van der Waals surface area contributed by atoms with Crippen LogP contribution in [0.4, 0.5) is 0 Å². The Kier molecular flexibility index (Phi) is 2.69. The van der Waals surface area contributed by atoms with Gasteiger partial charge >= 0.3 is 5.97 Å². The van der Waals surface area contributed by atoms with Crippen molar-refractivity contribution in [3.63, 3.8) is 0 Å². The van der Waals surface area contributed by atoms with E-state index in [1.54, 1.807) is 0 Å². The molecule has 0 aromatic heterocycles. The Balaban J connectivity index is 2.79. The zero-order valence-corrected chi connectivity index (χ0v) is 7.94. The lowest BCUT2D eigenvalue weighted by molar-refractivity contribution is -0.144. The highest BCUT2D eigenvalue weighted by atomic mass is 32.2. The lowest BCUT2D eigenvalue weighted by Gasteiger charge is -2.18. The molecule has 0 aromatic carbocycles. The van der Waals surface area contributed by atoms with Gasteiger partial charge in [-0.1, -0.05) is 24.0 Å². The third kappa shape index (κ3) is 1.59. The van der Waals surface area contributed by atoms with Gasteiger partial charge in [0.1, 0.15) is 10.4 Å². The number of thioether (sulfide) groups is 1. The minimum atomic E-state index is -1.03. The molecule has 0 aromatic rings. The van der Waals surface area contributed by atoms with E-state index in [1.165, 1.54) is 18.7 Å². The second-order valence-electron chi connectivity index (χ2n) is 2.33. The Morgan fingerprint density at radius 2 is 2.42 bits per heavy atom. The van der Waals surface area contributed by atoms with Crippen molar-refractivity contribution in [2.24, 2.45) is 0 Å². The summed E-state index contributed by atoms with van der Waals surface area (Å²) >= 11 is 6.02. The van der Waals surface area contributed by atoms with E-state index in [4.69, 9.17) is 17.3 Å². The molecule has 0 unspecified atom stereocenters. The Morgan fingerprint density at radius 1 is 1.83 bits per heavy atom. The number of carboxylic acid groups (broad SMARTS) is 1. The number of carbonyl (C=O) groups excluding carboxylic acids is 1. The standard InChI is InChI=1S/C6H7NO3S2/c1-3(5(9)10)7-4(8)2-12-6(7)11/h3H,2H2,1H3,(H,9,10)/t3-/m0/s1. The Hall–Kier alpha value is -0.620. The minimum Gasteiger partial charge on any atom is -0.480 e. The largest absolute Gasteiger partial charge is 0.480 e. The fourth-order valence-electron chi connectivity index (χ4n) is 0.849. The van der Waals surface area contributed by atoms with Gasteiger partial charge in [0, 0.05) is 0 Å². The average molecular weight is 205 g/mol. The molecule has 1 N–H and O–H groups in total. The monoisotopic (exact) mass is 205 g/mol. The number of carbonyl (C=O) groups is 2. The van der Waals surface area contributed by atoms with E-state index in [0.717, 1.165) is 4.90 Å². The van der Waals surface area contributed by atoms with Crippen LogP contribution in [0.15, 0.2) is 0 Å². The minimum absolute atomic E-state index is 0.222. The number of thiocarbonyl (C=S) groups is 1. The van der Waals surface area contributed by atoms with Crippen LogP contribution in [0.5, 0.6) is 0 Å². The summed E-state index contributed by atoms with van der Waals surface area (Å²) < 4.78 is 0.356. The first-order valence-electron chi connectivity index (χ1n) is 3.25. The van der Waals surface area contributed by atoms with Crippen molar-refractivity contribution >= 4 is 40.2 Å². The maximum absolute atomic E-state index is 11.1. The highest BCUT2D eigenvalue weighted by Crippen LogP contribution is 2.21. The molecule has 1 fully saturated rings. The summed E-state index contributed by atoms with van der Waals surface area (Å²) in [5, 5.41) is 8.62. The molecule has 66 valence electrons. The first-order chi connectivity index (χ1) is 5.54. The van der Waals surface area contributed by atoms with Gasteiger partial charge in [-0.2, -0.15) is 0 Å². The summed E-state index contributed by atoms with van der Waals surface area (Å²) in [6.07, 6.45) is 0. The SMILES string of the molecule is C[C@@H](C(=O)O)N1C(=O)CSC1=S. The number of carboxylic acids is 1. The first kappa shape index (κ1) is 9.47. The van der Waals surface area contributed by atoms with E-state index in [2.05, 4.69) is 0 Å². The van der Waals surface area contributed by atoms with Crippen molar-refractivity contribution in [3.05, 3.63) is 0 Å². The van der Waals surface area contributed by atoms with Crippen molar-refractivity contribution in [2.75, 3.05) is 5.75 Å². The van der Waals surface area contributed by atoms with Gasteiger partial charge in [0.25, 0.3) is 0 Å². The number of hydrogen-bond donors (Lipinski definition) is 1. The van der Waals surface area contributed by atoms with Gasteiger partial charge in [-0.05, 0) is 6.92 Å². The van der Waals surface area contributed by atoms with E-state index in [9.17, 15) is 9.59 Å². The summed E-state index contributed by atoms with van der Waals surface area (Å²) in [6.45, 7) is 1.44. The van der Waals surface area contributed by atoms with Crippen LogP contribution in [-0.2, 0) is 9.59 Å². The zero-order valence-electron chi connectivity index (χ0n) is 6.31. The third-order valence-electron chi connectivity index (χ3n) is 1.53. The normalized spacial score (nSPS) is 19.9. The maximum Gasteiger partial charge on any atom is 0.326 e. The molecular formula is C6H7NO3S2. The van der Waals surface area contributed by atoms with Crippen LogP contribution in [0, 0.1) is 0 Å². The molecule has 1 atom stereocenters. The number of rotatable bonds is 2. The highest BCUT2D eigenvalue weighted by molar-refractivity contribution is 8.23. The summed E-state index contributed by atoms with van der Waals surface area (Å²) in [7, 11) is 0. The van der Waals surface area contributed by atoms with Gasteiger partial charge in [0.05, 0.1) is 5.75 Å². The third-order valence-corrected chi connectivity index (χ3v) is 2.91. The second-order valence-corrected chi connectivity index (χ2v) is 3.94. The van der Waals surface area contributed by atoms with Crippen molar-refractivity contribution < 1.29 is 14.7 Å². The molecular weight excluding hydrogens is 198 g/mol. The molecule has 0 spiro atoms. The van der Waals surface area contributed by atoms with Crippen molar-refractivity contribution in [1.82, 2.24) is 4.90 Å². The average Bonchev–Trinajstić information content (AvgIpc) is 2.30. The maximum atomic E-state index is 11.1. The summed E-state index contributed by atoms with van der Waals surface area (Å²) in [5.74, 6) is -0.996. The van der Waals surface area contributed by atoms with Gasteiger partial charge in [-0.3, -0.25) is 9.69 Å². The fourth-order valence-corrected chi connectivity index (χ4v) is 2.07. The lowest BCUT2D eigenvalue weighted by Crippen LogP contribution is -2.41. The zero-order chi connectivity index (χ0) is 9.30. The summed E-state index contributed by atoms with van der Waals surface area (Å²) in [6, 6.07) is -0.847. The van der Waals surface area contributed by atoms with Crippen LogP contribution in [-0.4, -0.2) is 38.0 Å².